The molecule has 0 bridgehead atoms. The van der Waals surface area contributed by atoms with Gasteiger partial charge in [-0.1, -0.05) is 26.3 Å². The Morgan fingerprint density at radius 2 is 1.91 bits per heavy atom. The molecule has 0 rings (SSSR count). The first-order valence-electron chi connectivity index (χ1n) is 4.53. The standard InChI is InChI=1S/C10H21N/c1-4-9(2)5-6-10(3)7-8-11/h4,9-10H,1,5-8,11H2,2-3H3/t9-,10-/m0/s1. The van der Waals surface area contributed by atoms with Gasteiger partial charge in [-0.05, 0) is 31.2 Å². The van der Waals surface area contributed by atoms with E-state index in [1.165, 1.54) is 12.8 Å². The zero-order valence-electron chi connectivity index (χ0n) is 7.84. The summed E-state index contributed by atoms with van der Waals surface area (Å²) in [6.07, 6.45) is 5.72. The van der Waals surface area contributed by atoms with Crippen LogP contribution in [0.4, 0.5) is 0 Å². The van der Waals surface area contributed by atoms with E-state index in [1.54, 1.807) is 0 Å². The van der Waals surface area contributed by atoms with Crippen LogP contribution in [0.5, 0.6) is 0 Å². The van der Waals surface area contributed by atoms with Crippen LogP contribution in [0.15, 0.2) is 12.7 Å². The van der Waals surface area contributed by atoms with Gasteiger partial charge in [-0.25, -0.2) is 0 Å². The Morgan fingerprint density at radius 1 is 1.27 bits per heavy atom. The molecule has 0 unspecified atom stereocenters. The molecule has 0 saturated carbocycles. The Hall–Kier alpha value is -0.300. The van der Waals surface area contributed by atoms with E-state index in [2.05, 4.69) is 20.4 Å². The molecular weight excluding hydrogens is 134 g/mol. The summed E-state index contributed by atoms with van der Waals surface area (Å²) in [6, 6.07) is 0. The van der Waals surface area contributed by atoms with Crippen molar-refractivity contribution >= 4 is 0 Å². The van der Waals surface area contributed by atoms with E-state index in [9.17, 15) is 0 Å². The van der Waals surface area contributed by atoms with Gasteiger partial charge in [-0.15, -0.1) is 6.58 Å². The summed E-state index contributed by atoms with van der Waals surface area (Å²) < 4.78 is 0. The number of nitrogens with two attached hydrogens (primary N) is 1. The van der Waals surface area contributed by atoms with Crippen molar-refractivity contribution in [2.45, 2.75) is 33.1 Å². The lowest BCUT2D eigenvalue weighted by molar-refractivity contribution is 0.449. The molecule has 0 aromatic rings. The third-order valence-electron chi connectivity index (χ3n) is 2.18. The molecule has 0 aromatic carbocycles. The van der Waals surface area contributed by atoms with E-state index in [-0.39, 0.29) is 0 Å². The quantitative estimate of drug-likeness (QED) is 0.586. The van der Waals surface area contributed by atoms with Crippen molar-refractivity contribution in [2.75, 3.05) is 6.54 Å². The van der Waals surface area contributed by atoms with Gasteiger partial charge >= 0.3 is 0 Å². The maximum Gasteiger partial charge on any atom is -0.00747 e. The Kier molecular flexibility index (Phi) is 6.24. The summed E-state index contributed by atoms with van der Waals surface area (Å²) in [7, 11) is 0. The predicted molar refractivity (Wildman–Crippen MR) is 51.4 cm³/mol. The number of hydrogen-bond donors (Lipinski definition) is 1. The van der Waals surface area contributed by atoms with Gasteiger partial charge in [0.25, 0.3) is 0 Å². The molecular formula is C10H21N. The number of allylic oxidation sites excluding steroid dienone is 1. The van der Waals surface area contributed by atoms with Crippen molar-refractivity contribution in [3.63, 3.8) is 0 Å². The van der Waals surface area contributed by atoms with E-state index in [0.29, 0.717) is 5.92 Å². The fourth-order valence-corrected chi connectivity index (χ4v) is 1.09. The molecule has 0 aliphatic heterocycles. The molecule has 2 atom stereocenters. The number of hydrogen-bond acceptors (Lipinski definition) is 1. The lowest BCUT2D eigenvalue weighted by atomic mass is 9.96. The Morgan fingerprint density at radius 3 is 2.36 bits per heavy atom. The van der Waals surface area contributed by atoms with Gasteiger partial charge in [0.2, 0.25) is 0 Å². The first-order chi connectivity index (χ1) is 5.20. The first kappa shape index (κ1) is 10.7. The summed E-state index contributed by atoms with van der Waals surface area (Å²) >= 11 is 0. The molecule has 0 saturated heterocycles. The van der Waals surface area contributed by atoms with Crippen molar-refractivity contribution in [3.05, 3.63) is 12.7 Å². The second-order valence-corrected chi connectivity index (χ2v) is 3.47. The average molecular weight is 155 g/mol. The third kappa shape index (κ3) is 6.11. The van der Waals surface area contributed by atoms with E-state index in [1.807, 2.05) is 6.08 Å². The molecule has 0 fully saturated rings. The van der Waals surface area contributed by atoms with Crippen LogP contribution in [0.25, 0.3) is 0 Å². The zero-order valence-corrected chi connectivity index (χ0v) is 7.84. The minimum Gasteiger partial charge on any atom is -0.330 e. The van der Waals surface area contributed by atoms with Crippen LogP contribution in [0.3, 0.4) is 0 Å². The molecule has 0 amide bonds. The fourth-order valence-electron chi connectivity index (χ4n) is 1.09. The number of rotatable bonds is 6. The summed E-state index contributed by atoms with van der Waals surface area (Å²) in [6.45, 7) is 9.06. The van der Waals surface area contributed by atoms with E-state index < -0.39 is 0 Å². The Bertz CT molecular complexity index is 99.0. The van der Waals surface area contributed by atoms with Crippen LogP contribution in [0, 0.1) is 11.8 Å². The minimum absolute atomic E-state index is 0.662. The molecule has 0 radical (unpaired) electrons. The Labute approximate surface area is 70.7 Å². The maximum atomic E-state index is 5.45. The van der Waals surface area contributed by atoms with Crippen LogP contribution in [-0.2, 0) is 0 Å². The topological polar surface area (TPSA) is 26.0 Å². The molecule has 11 heavy (non-hydrogen) atoms. The van der Waals surface area contributed by atoms with E-state index >= 15 is 0 Å². The van der Waals surface area contributed by atoms with Gasteiger partial charge in [0.05, 0.1) is 0 Å². The van der Waals surface area contributed by atoms with Crippen LogP contribution >= 0.6 is 0 Å². The van der Waals surface area contributed by atoms with Crippen LogP contribution in [0.2, 0.25) is 0 Å². The van der Waals surface area contributed by atoms with Crippen molar-refractivity contribution in [1.29, 1.82) is 0 Å². The largest absolute Gasteiger partial charge is 0.330 e. The monoisotopic (exact) mass is 155 g/mol. The van der Waals surface area contributed by atoms with Crippen LogP contribution in [0.1, 0.15) is 33.1 Å². The first-order valence-corrected chi connectivity index (χ1v) is 4.53. The highest BCUT2D eigenvalue weighted by Gasteiger charge is 2.02. The summed E-state index contributed by atoms with van der Waals surface area (Å²) in [5.41, 5.74) is 5.45. The minimum atomic E-state index is 0.662. The lowest BCUT2D eigenvalue weighted by Gasteiger charge is -2.11. The van der Waals surface area contributed by atoms with Gasteiger partial charge in [0.1, 0.15) is 0 Å². The molecule has 0 aliphatic carbocycles. The third-order valence-corrected chi connectivity index (χ3v) is 2.18. The predicted octanol–water partition coefficient (Wildman–Crippen LogP) is 2.57. The zero-order chi connectivity index (χ0) is 8.69. The summed E-state index contributed by atoms with van der Waals surface area (Å²) in [5.74, 6) is 1.44. The average Bonchev–Trinajstić information content (AvgIpc) is 2.01. The molecule has 0 spiro atoms. The highest BCUT2D eigenvalue weighted by atomic mass is 14.5. The van der Waals surface area contributed by atoms with Crippen LogP contribution < -0.4 is 5.73 Å². The Balaban J connectivity index is 3.29. The van der Waals surface area contributed by atoms with Crippen molar-refractivity contribution in [1.82, 2.24) is 0 Å². The maximum absolute atomic E-state index is 5.45. The molecule has 2 N–H and O–H groups in total. The molecule has 1 heteroatoms. The summed E-state index contributed by atoms with van der Waals surface area (Å²) in [4.78, 5) is 0. The molecule has 0 aromatic heterocycles. The highest BCUT2D eigenvalue weighted by molar-refractivity contribution is 4.75. The molecule has 66 valence electrons. The van der Waals surface area contributed by atoms with Crippen molar-refractivity contribution in [2.24, 2.45) is 17.6 Å². The SMILES string of the molecule is C=C[C@H](C)CC[C@H](C)CCN. The van der Waals surface area contributed by atoms with Gasteiger partial charge < -0.3 is 5.73 Å². The van der Waals surface area contributed by atoms with Crippen molar-refractivity contribution in [3.8, 4) is 0 Å². The molecule has 1 nitrogen and oxygen atoms in total. The second kappa shape index (κ2) is 6.41. The normalized spacial score (nSPS) is 15.9. The second-order valence-electron chi connectivity index (χ2n) is 3.47. The van der Waals surface area contributed by atoms with E-state index in [0.717, 1.165) is 18.9 Å². The lowest BCUT2D eigenvalue weighted by Crippen LogP contribution is -2.06. The van der Waals surface area contributed by atoms with Crippen LogP contribution in [-0.4, -0.2) is 6.54 Å². The highest BCUT2D eigenvalue weighted by Crippen LogP contribution is 2.14. The molecule has 0 heterocycles. The van der Waals surface area contributed by atoms with Gasteiger partial charge in [0.15, 0.2) is 0 Å². The van der Waals surface area contributed by atoms with Crippen molar-refractivity contribution < 1.29 is 0 Å². The smallest absolute Gasteiger partial charge is 0.00747 e. The van der Waals surface area contributed by atoms with E-state index in [4.69, 9.17) is 5.73 Å². The van der Waals surface area contributed by atoms with Gasteiger partial charge in [0, 0.05) is 0 Å². The summed E-state index contributed by atoms with van der Waals surface area (Å²) in [5, 5.41) is 0. The molecule has 0 aliphatic rings. The fraction of sp³-hybridized carbons (Fsp3) is 0.800. The van der Waals surface area contributed by atoms with Gasteiger partial charge in [-0.3, -0.25) is 0 Å². The van der Waals surface area contributed by atoms with Gasteiger partial charge in [-0.2, -0.15) is 0 Å².